The van der Waals surface area contributed by atoms with Gasteiger partial charge in [-0.05, 0) is 11.0 Å². The van der Waals surface area contributed by atoms with Gasteiger partial charge in [0.1, 0.15) is 5.84 Å². The van der Waals surface area contributed by atoms with Crippen LogP contribution in [0.1, 0.15) is 20.8 Å². The third-order valence-corrected chi connectivity index (χ3v) is 3.97. The quantitative estimate of drug-likeness (QED) is 0.669. The van der Waals surface area contributed by atoms with Gasteiger partial charge in [0.15, 0.2) is 0 Å². The summed E-state index contributed by atoms with van der Waals surface area (Å²) < 4.78 is 28.7. The first-order valence-electron chi connectivity index (χ1n) is 5.47. The van der Waals surface area contributed by atoms with Crippen molar-refractivity contribution in [1.82, 2.24) is 4.72 Å². The van der Waals surface area contributed by atoms with Gasteiger partial charge < -0.3 is 5.73 Å². The number of fused-ring (bicyclic) bond motifs is 1. The van der Waals surface area contributed by atoms with Crippen LogP contribution in [0.25, 0.3) is 0 Å². The summed E-state index contributed by atoms with van der Waals surface area (Å²) in [7, 11) is -3.62. The molecular formula is C11H17N3O2S. The first-order chi connectivity index (χ1) is 7.69. The molecule has 17 heavy (non-hydrogen) atoms. The average Bonchev–Trinajstić information content (AvgIpc) is 2.13. The highest BCUT2D eigenvalue weighted by atomic mass is 32.2. The molecule has 2 rings (SSSR count). The van der Waals surface area contributed by atoms with Crippen LogP contribution in [0.4, 0.5) is 0 Å². The largest absolute Gasteiger partial charge is 0.386 e. The Bertz CT molecular complexity index is 523. The van der Waals surface area contributed by atoms with Crippen molar-refractivity contribution in [1.29, 1.82) is 0 Å². The molecule has 3 N–H and O–H groups in total. The lowest BCUT2D eigenvalue weighted by atomic mass is 9.79. The van der Waals surface area contributed by atoms with E-state index < -0.39 is 10.2 Å². The van der Waals surface area contributed by atoms with Crippen molar-refractivity contribution in [3.05, 3.63) is 23.8 Å². The van der Waals surface area contributed by atoms with Crippen molar-refractivity contribution < 1.29 is 8.42 Å². The number of nitrogens with two attached hydrogens (primary N) is 1. The molecule has 2 aliphatic rings. The molecule has 6 heteroatoms. The van der Waals surface area contributed by atoms with E-state index in [0.717, 1.165) is 5.57 Å². The van der Waals surface area contributed by atoms with Gasteiger partial charge in [0, 0.05) is 0 Å². The standard InChI is InChI=1S/C11H17N3O2S/c1-11(2,3)7-4-5-9-8(6-7)10(12)14-17(15,16)13-9/h4-6,8-9,13H,1-3H3,(H2,12,14). The minimum atomic E-state index is -3.62. The fraction of sp³-hybridized carbons (Fsp3) is 0.545. The summed E-state index contributed by atoms with van der Waals surface area (Å²) in [6.45, 7) is 6.30. The molecule has 2 atom stereocenters. The van der Waals surface area contributed by atoms with Crippen molar-refractivity contribution in [3.63, 3.8) is 0 Å². The number of amidine groups is 1. The van der Waals surface area contributed by atoms with E-state index in [2.05, 4.69) is 29.9 Å². The van der Waals surface area contributed by atoms with E-state index >= 15 is 0 Å². The summed E-state index contributed by atoms with van der Waals surface area (Å²) in [6.07, 6.45) is 5.78. The van der Waals surface area contributed by atoms with Crippen LogP contribution in [0.3, 0.4) is 0 Å². The van der Waals surface area contributed by atoms with Gasteiger partial charge in [0.2, 0.25) is 0 Å². The minimum Gasteiger partial charge on any atom is -0.386 e. The molecule has 2 unspecified atom stereocenters. The van der Waals surface area contributed by atoms with Crippen LogP contribution in [-0.2, 0) is 10.2 Å². The molecule has 0 aromatic heterocycles. The Hall–Kier alpha value is -1.14. The number of nitrogens with one attached hydrogen (secondary N) is 1. The van der Waals surface area contributed by atoms with Crippen LogP contribution in [0, 0.1) is 11.3 Å². The molecule has 0 fully saturated rings. The van der Waals surface area contributed by atoms with E-state index in [1.807, 2.05) is 18.2 Å². The first-order valence-corrected chi connectivity index (χ1v) is 6.91. The lowest BCUT2D eigenvalue weighted by Gasteiger charge is -2.32. The van der Waals surface area contributed by atoms with Gasteiger partial charge in [-0.1, -0.05) is 39.0 Å². The summed E-state index contributed by atoms with van der Waals surface area (Å²) in [6, 6.07) is -0.316. The lowest BCUT2D eigenvalue weighted by molar-refractivity contribution is 0.497. The van der Waals surface area contributed by atoms with Gasteiger partial charge in [-0.2, -0.15) is 13.1 Å². The highest BCUT2D eigenvalue weighted by Crippen LogP contribution is 2.32. The Balaban J connectivity index is 2.41. The SMILES string of the molecule is CC(C)(C)C1=CC2C(N)=NS(=O)(=O)NC2C=C1. The molecule has 1 aliphatic carbocycles. The number of allylic oxidation sites excluding steroid dienone is 2. The molecule has 0 spiro atoms. The van der Waals surface area contributed by atoms with E-state index in [1.165, 1.54) is 0 Å². The van der Waals surface area contributed by atoms with E-state index in [1.54, 1.807) is 0 Å². The van der Waals surface area contributed by atoms with Crippen molar-refractivity contribution in [2.45, 2.75) is 26.8 Å². The van der Waals surface area contributed by atoms with Crippen molar-refractivity contribution in [2.75, 3.05) is 0 Å². The minimum absolute atomic E-state index is 0.0120. The summed E-state index contributed by atoms with van der Waals surface area (Å²) in [4.78, 5) is 0. The molecule has 1 heterocycles. The van der Waals surface area contributed by atoms with E-state index in [0.29, 0.717) is 0 Å². The molecule has 1 aliphatic heterocycles. The maximum absolute atomic E-state index is 11.4. The Morgan fingerprint density at radius 1 is 1.41 bits per heavy atom. The molecule has 0 saturated carbocycles. The second kappa shape index (κ2) is 3.68. The molecule has 0 bridgehead atoms. The van der Waals surface area contributed by atoms with Gasteiger partial charge in [-0.25, -0.2) is 0 Å². The molecule has 0 aromatic carbocycles. The number of nitrogens with zero attached hydrogens (tertiary/aromatic N) is 1. The van der Waals surface area contributed by atoms with Gasteiger partial charge >= 0.3 is 10.2 Å². The van der Waals surface area contributed by atoms with Crippen LogP contribution >= 0.6 is 0 Å². The monoisotopic (exact) mass is 255 g/mol. The van der Waals surface area contributed by atoms with Gasteiger partial charge in [0.05, 0.1) is 12.0 Å². The second-order valence-electron chi connectivity index (χ2n) is 5.39. The second-order valence-corrected chi connectivity index (χ2v) is 6.76. The van der Waals surface area contributed by atoms with E-state index in [-0.39, 0.29) is 23.2 Å². The van der Waals surface area contributed by atoms with Gasteiger partial charge in [0.25, 0.3) is 0 Å². The van der Waals surface area contributed by atoms with Crippen LogP contribution < -0.4 is 10.5 Å². The fourth-order valence-corrected chi connectivity index (χ4v) is 2.98. The molecule has 0 aromatic rings. The van der Waals surface area contributed by atoms with Crippen LogP contribution in [-0.4, -0.2) is 20.3 Å². The third kappa shape index (κ3) is 2.42. The maximum atomic E-state index is 11.4. The Labute approximate surface area is 102 Å². The molecule has 94 valence electrons. The molecule has 0 radical (unpaired) electrons. The summed E-state index contributed by atoms with van der Waals surface area (Å²) in [5.41, 5.74) is 6.87. The fourth-order valence-electron chi connectivity index (χ4n) is 1.96. The molecule has 0 amide bonds. The molecule has 5 nitrogen and oxygen atoms in total. The summed E-state index contributed by atoms with van der Waals surface area (Å²) in [5, 5.41) is 0. The van der Waals surface area contributed by atoms with Crippen LogP contribution in [0.15, 0.2) is 28.2 Å². The van der Waals surface area contributed by atoms with Crippen molar-refractivity contribution >= 4 is 16.0 Å². The third-order valence-electron chi connectivity index (χ3n) is 2.95. The maximum Gasteiger partial charge on any atom is 0.322 e. The number of hydrogen-bond donors (Lipinski definition) is 2. The van der Waals surface area contributed by atoms with Gasteiger partial charge in [-0.3, -0.25) is 0 Å². The zero-order valence-corrected chi connectivity index (χ0v) is 11.0. The van der Waals surface area contributed by atoms with Gasteiger partial charge in [-0.15, -0.1) is 4.40 Å². The lowest BCUT2D eigenvalue weighted by Crippen LogP contribution is -2.49. The van der Waals surface area contributed by atoms with Crippen molar-refractivity contribution in [2.24, 2.45) is 21.5 Å². The normalized spacial score (nSPS) is 31.5. The smallest absolute Gasteiger partial charge is 0.322 e. The van der Waals surface area contributed by atoms with E-state index in [4.69, 9.17) is 5.73 Å². The number of rotatable bonds is 0. The Morgan fingerprint density at radius 3 is 2.65 bits per heavy atom. The zero-order chi connectivity index (χ0) is 12.8. The Morgan fingerprint density at radius 2 is 2.06 bits per heavy atom. The van der Waals surface area contributed by atoms with Crippen LogP contribution in [0.2, 0.25) is 0 Å². The van der Waals surface area contributed by atoms with Crippen molar-refractivity contribution in [3.8, 4) is 0 Å². The van der Waals surface area contributed by atoms with Crippen LogP contribution in [0.5, 0.6) is 0 Å². The molecular weight excluding hydrogens is 238 g/mol. The van der Waals surface area contributed by atoms with E-state index in [9.17, 15) is 8.42 Å². The predicted molar refractivity (Wildman–Crippen MR) is 67.6 cm³/mol. The molecule has 0 saturated heterocycles. The highest BCUT2D eigenvalue weighted by Gasteiger charge is 2.34. The topological polar surface area (TPSA) is 84.5 Å². The first kappa shape index (κ1) is 12.3. The number of hydrogen-bond acceptors (Lipinski definition) is 3. The highest BCUT2D eigenvalue weighted by molar-refractivity contribution is 7.88. The summed E-state index contributed by atoms with van der Waals surface area (Å²) >= 11 is 0. The summed E-state index contributed by atoms with van der Waals surface area (Å²) in [5.74, 6) is -0.0300. The zero-order valence-electron chi connectivity index (χ0n) is 10.1. The average molecular weight is 255 g/mol. The predicted octanol–water partition coefficient (Wildman–Crippen LogP) is 0.719. The Kier molecular flexibility index (Phi) is 2.67.